The van der Waals surface area contributed by atoms with Crippen molar-refractivity contribution in [1.29, 1.82) is 5.41 Å². The zero-order chi connectivity index (χ0) is 13.1. The van der Waals surface area contributed by atoms with Crippen LogP contribution >= 0.6 is 27.5 Å². The number of nitrogens with one attached hydrogen (secondary N) is 1. The molecule has 18 heavy (non-hydrogen) atoms. The summed E-state index contributed by atoms with van der Waals surface area (Å²) in [6.45, 7) is 0.112. The fraction of sp³-hybridized carbons (Fsp3) is 0.0769. The summed E-state index contributed by atoms with van der Waals surface area (Å²) in [6.07, 6.45) is 1.58. The first-order chi connectivity index (χ1) is 8.56. The lowest BCUT2D eigenvalue weighted by atomic mass is 10.1. The Morgan fingerprint density at radius 2 is 1.89 bits per heavy atom. The highest BCUT2D eigenvalue weighted by Crippen LogP contribution is 2.11. The third-order valence-electron chi connectivity index (χ3n) is 2.47. The van der Waals surface area contributed by atoms with Gasteiger partial charge in [0, 0.05) is 16.2 Å². The van der Waals surface area contributed by atoms with E-state index in [4.69, 9.17) is 17.0 Å². The number of Topliss-reactive ketones (excluding diaryl/α,β-unsaturated/α-hetero) is 1. The second-order valence-electron chi connectivity index (χ2n) is 3.79. The summed E-state index contributed by atoms with van der Waals surface area (Å²) in [5.74, 6) is -0.0525. The van der Waals surface area contributed by atoms with Gasteiger partial charge in [-0.1, -0.05) is 39.7 Å². The second kappa shape index (κ2) is 5.50. The molecule has 1 heterocycles. The van der Waals surface area contributed by atoms with E-state index in [0.29, 0.717) is 10.6 Å². The maximum Gasteiger partial charge on any atom is 0.182 e. The highest BCUT2D eigenvalue weighted by molar-refractivity contribution is 9.10. The van der Waals surface area contributed by atoms with Gasteiger partial charge in [-0.25, -0.2) is 0 Å². The molecule has 5 heteroatoms. The van der Waals surface area contributed by atoms with E-state index in [1.54, 1.807) is 30.5 Å². The van der Waals surface area contributed by atoms with E-state index in [2.05, 4.69) is 15.9 Å². The number of halogens is 2. The average molecular weight is 326 g/mol. The molecule has 0 aliphatic rings. The number of aromatic nitrogens is 1. The lowest BCUT2D eigenvalue weighted by Crippen LogP contribution is -2.23. The molecule has 0 bridgehead atoms. The number of hydrogen-bond donors (Lipinski definition) is 1. The van der Waals surface area contributed by atoms with E-state index in [1.807, 2.05) is 12.1 Å². The van der Waals surface area contributed by atoms with E-state index < -0.39 is 0 Å². The fourth-order valence-electron chi connectivity index (χ4n) is 1.53. The Morgan fingerprint density at radius 1 is 1.22 bits per heavy atom. The molecule has 0 aliphatic carbocycles. The Kier molecular flexibility index (Phi) is 3.99. The molecule has 0 saturated carbocycles. The minimum Gasteiger partial charge on any atom is -0.324 e. The molecule has 1 N–H and O–H groups in total. The van der Waals surface area contributed by atoms with Crippen LogP contribution in [-0.4, -0.2) is 10.4 Å². The summed E-state index contributed by atoms with van der Waals surface area (Å²) in [5.41, 5.74) is 0.870. The van der Waals surface area contributed by atoms with Crippen molar-refractivity contribution in [2.75, 3.05) is 0 Å². The van der Waals surface area contributed by atoms with E-state index in [9.17, 15) is 4.79 Å². The summed E-state index contributed by atoms with van der Waals surface area (Å²) in [6, 6.07) is 10.3. The molecule has 0 aliphatic heterocycles. The monoisotopic (exact) mass is 324 g/mol. The van der Waals surface area contributed by atoms with Crippen molar-refractivity contribution in [2.45, 2.75) is 6.54 Å². The maximum absolute atomic E-state index is 12.0. The molecular weight excluding hydrogens is 316 g/mol. The Labute approximate surface area is 118 Å². The van der Waals surface area contributed by atoms with Gasteiger partial charge in [0.25, 0.3) is 0 Å². The topological polar surface area (TPSA) is 45.9 Å². The van der Waals surface area contributed by atoms with Crippen LogP contribution in [-0.2, 0) is 6.54 Å². The van der Waals surface area contributed by atoms with Crippen LogP contribution in [0.2, 0.25) is 5.02 Å². The Balaban J connectivity index is 2.24. The largest absolute Gasteiger partial charge is 0.324 e. The maximum atomic E-state index is 12.0. The normalized spacial score (nSPS) is 10.3. The standard InChI is InChI=1S/C13H10BrClN2O/c14-10-3-1-9(2-4-10)12(18)8-17-7-11(15)5-6-13(17)16/h1-7,16H,8H2. The molecule has 0 fully saturated rings. The first-order valence-electron chi connectivity index (χ1n) is 5.25. The van der Waals surface area contributed by atoms with Crippen LogP contribution < -0.4 is 5.49 Å². The molecule has 0 amide bonds. The average Bonchev–Trinajstić information content (AvgIpc) is 2.34. The summed E-state index contributed by atoms with van der Waals surface area (Å²) < 4.78 is 2.45. The number of pyridine rings is 1. The van der Waals surface area contributed by atoms with Crippen molar-refractivity contribution in [3.8, 4) is 0 Å². The van der Waals surface area contributed by atoms with Crippen molar-refractivity contribution < 1.29 is 4.79 Å². The number of rotatable bonds is 3. The molecule has 0 spiro atoms. The van der Waals surface area contributed by atoms with Crippen LogP contribution in [0.5, 0.6) is 0 Å². The van der Waals surface area contributed by atoms with Crippen molar-refractivity contribution in [3.63, 3.8) is 0 Å². The Hall–Kier alpha value is -1.39. The lowest BCUT2D eigenvalue weighted by molar-refractivity contribution is 0.0970. The van der Waals surface area contributed by atoms with Gasteiger partial charge in [-0.05, 0) is 24.3 Å². The molecule has 2 rings (SSSR count). The van der Waals surface area contributed by atoms with E-state index in [0.717, 1.165) is 4.47 Å². The van der Waals surface area contributed by atoms with Crippen molar-refractivity contribution in [3.05, 3.63) is 63.1 Å². The third-order valence-corrected chi connectivity index (χ3v) is 3.22. The second-order valence-corrected chi connectivity index (χ2v) is 5.14. The number of carbonyl (C=O) groups excluding carboxylic acids is 1. The van der Waals surface area contributed by atoms with Crippen LogP contribution in [0.25, 0.3) is 0 Å². The molecule has 1 aromatic heterocycles. The third kappa shape index (κ3) is 3.09. The smallest absolute Gasteiger partial charge is 0.182 e. The van der Waals surface area contributed by atoms with Gasteiger partial charge < -0.3 is 4.57 Å². The van der Waals surface area contributed by atoms with E-state index in [-0.39, 0.29) is 17.8 Å². The Morgan fingerprint density at radius 3 is 2.56 bits per heavy atom. The molecule has 0 atom stereocenters. The van der Waals surface area contributed by atoms with Gasteiger partial charge in [-0.2, -0.15) is 0 Å². The molecule has 0 saturated heterocycles. The van der Waals surface area contributed by atoms with Gasteiger partial charge in [0.15, 0.2) is 5.78 Å². The SMILES string of the molecule is N=c1ccc(Cl)cn1CC(=O)c1ccc(Br)cc1. The molecule has 3 nitrogen and oxygen atoms in total. The predicted octanol–water partition coefficient (Wildman–Crippen LogP) is 3.27. The van der Waals surface area contributed by atoms with E-state index >= 15 is 0 Å². The zero-order valence-electron chi connectivity index (χ0n) is 9.36. The molecule has 0 radical (unpaired) electrons. The molecular formula is C13H10BrClN2O. The van der Waals surface area contributed by atoms with Crippen LogP contribution in [0.1, 0.15) is 10.4 Å². The predicted molar refractivity (Wildman–Crippen MR) is 73.8 cm³/mol. The number of carbonyl (C=O) groups is 1. The molecule has 92 valence electrons. The van der Waals surface area contributed by atoms with Crippen LogP contribution in [0, 0.1) is 5.41 Å². The summed E-state index contributed by atoms with van der Waals surface area (Å²) in [4.78, 5) is 12.0. The van der Waals surface area contributed by atoms with Gasteiger partial charge in [-0.15, -0.1) is 0 Å². The highest BCUT2D eigenvalue weighted by atomic mass is 79.9. The summed E-state index contributed by atoms with van der Waals surface area (Å²) >= 11 is 9.16. The Bertz CT molecular complexity index is 634. The minimum absolute atomic E-state index is 0.0525. The highest BCUT2D eigenvalue weighted by Gasteiger charge is 2.07. The number of nitrogens with zero attached hydrogens (tertiary/aromatic N) is 1. The van der Waals surface area contributed by atoms with Crippen LogP contribution in [0.15, 0.2) is 47.1 Å². The molecule has 0 unspecified atom stereocenters. The molecule has 1 aromatic carbocycles. The first kappa shape index (κ1) is 13.1. The van der Waals surface area contributed by atoms with Crippen molar-refractivity contribution in [1.82, 2.24) is 4.57 Å². The van der Waals surface area contributed by atoms with Crippen LogP contribution in [0.3, 0.4) is 0 Å². The van der Waals surface area contributed by atoms with Gasteiger partial charge in [0.2, 0.25) is 0 Å². The van der Waals surface area contributed by atoms with E-state index in [1.165, 1.54) is 4.57 Å². The number of ketones is 1. The van der Waals surface area contributed by atoms with Gasteiger partial charge >= 0.3 is 0 Å². The quantitative estimate of drug-likeness (QED) is 0.865. The van der Waals surface area contributed by atoms with Crippen LogP contribution in [0.4, 0.5) is 0 Å². The molecule has 2 aromatic rings. The summed E-state index contributed by atoms with van der Waals surface area (Å²) in [5, 5.41) is 8.21. The number of benzene rings is 1. The number of hydrogen-bond acceptors (Lipinski definition) is 2. The van der Waals surface area contributed by atoms with Crippen molar-refractivity contribution in [2.24, 2.45) is 0 Å². The first-order valence-corrected chi connectivity index (χ1v) is 6.43. The minimum atomic E-state index is -0.0525. The zero-order valence-corrected chi connectivity index (χ0v) is 11.7. The fourth-order valence-corrected chi connectivity index (χ4v) is 1.97. The lowest BCUT2D eigenvalue weighted by Gasteiger charge is -2.06. The van der Waals surface area contributed by atoms with Crippen molar-refractivity contribution >= 4 is 33.3 Å². The van der Waals surface area contributed by atoms with Gasteiger partial charge in [-0.3, -0.25) is 10.2 Å². The van der Waals surface area contributed by atoms with Gasteiger partial charge in [0.1, 0.15) is 5.49 Å². The summed E-state index contributed by atoms with van der Waals surface area (Å²) in [7, 11) is 0. The van der Waals surface area contributed by atoms with Gasteiger partial charge in [0.05, 0.1) is 11.6 Å².